The molecule has 1 heterocycles. The largest absolute Gasteiger partial charge is 0.364 e. The van der Waals surface area contributed by atoms with E-state index in [-0.39, 0.29) is 10.9 Å². The summed E-state index contributed by atoms with van der Waals surface area (Å²) in [5, 5.41) is 3.37. The Morgan fingerprint density at radius 1 is 1.44 bits per heavy atom. The number of aromatic nitrogens is 2. The van der Waals surface area contributed by atoms with Crippen LogP contribution in [0.4, 0.5) is 5.82 Å². The zero-order valence-electron chi connectivity index (χ0n) is 10.6. The molecule has 16 heavy (non-hydrogen) atoms. The SMILES string of the molecule is CCc1cc(NC(C)(C)C(C)Cl)nc(C)n1. The molecule has 0 saturated heterocycles. The van der Waals surface area contributed by atoms with Crippen LogP contribution in [0, 0.1) is 6.92 Å². The van der Waals surface area contributed by atoms with Crippen LogP contribution in [-0.4, -0.2) is 20.9 Å². The minimum absolute atomic E-state index is 0.0212. The van der Waals surface area contributed by atoms with E-state index in [1.807, 2.05) is 19.9 Å². The molecule has 4 heteroatoms. The molecule has 0 spiro atoms. The summed E-state index contributed by atoms with van der Waals surface area (Å²) in [5.41, 5.74) is 0.862. The van der Waals surface area contributed by atoms with Crippen molar-refractivity contribution in [1.82, 2.24) is 9.97 Å². The van der Waals surface area contributed by atoms with Crippen LogP contribution in [0.5, 0.6) is 0 Å². The summed E-state index contributed by atoms with van der Waals surface area (Å²) < 4.78 is 0. The third kappa shape index (κ3) is 3.34. The molecule has 1 aromatic heterocycles. The van der Waals surface area contributed by atoms with E-state index in [0.717, 1.165) is 23.8 Å². The second-order valence-electron chi connectivity index (χ2n) is 4.61. The van der Waals surface area contributed by atoms with E-state index in [4.69, 9.17) is 11.6 Å². The van der Waals surface area contributed by atoms with Gasteiger partial charge in [-0.25, -0.2) is 9.97 Å². The van der Waals surface area contributed by atoms with Gasteiger partial charge in [0.05, 0.1) is 5.38 Å². The Hall–Kier alpha value is -0.830. The number of anilines is 1. The summed E-state index contributed by atoms with van der Waals surface area (Å²) in [6, 6.07) is 1.98. The smallest absolute Gasteiger partial charge is 0.130 e. The van der Waals surface area contributed by atoms with E-state index >= 15 is 0 Å². The third-order valence-electron chi connectivity index (χ3n) is 2.70. The van der Waals surface area contributed by atoms with Crippen LogP contribution in [0.3, 0.4) is 0 Å². The number of rotatable bonds is 4. The van der Waals surface area contributed by atoms with Crippen molar-refractivity contribution in [3.63, 3.8) is 0 Å². The quantitative estimate of drug-likeness (QED) is 0.823. The number of nitrogens with one attached hydrogen (secondary N) is 1. The molecule has 1 unspecified atom stereocenters. The molecule has 0 bridgehead atoms. The molecule has 0 amide bonds. The highest BCUT2D eigenvalue weighted by Gasteiger charge is 2.24. The molecule has 90 valence electrons. The number of hydrogen-bond donors (Lipinski definition) is 1. The fourth-order valence-corrected chi connectivity index (χ4v) is 1.36. The van der Waals surface area contributed by atoms with Crippen molar-refractivity contribution in [2.24, 2.45) is 0 Å². The van der Waals surface area contributed by atoms with Crippen LogP contribution in [-0.2, 0) is 6.42 Å². The van der Waals surface area contributed by atoms with Crippen molar-refractivity contribution < 1.29 is 0 Å². The summed E-state index contributed by atoms with van der Waals surface area (Å²) in [4.78, 5) is 8.71. The van der Waals surface area contributed by atoms with Crippen LogP contribution in [0.25, 0.3) is 0 Å². The molecule has 0 aromatic carbocycles. The highest BCUT2D eigenvalue weighted by molar-refractivity contribution is 6.21. The van der Waals surface area contributed by atoms with Crippen molar-refractivity contribution in [3.8, 4) is 0 Å². The van der Waals surface area contributed by atoms with Crippen LogP contribution >= 0.6 is 11.6 Å². The molecule has 0 radical (unpaired) electrons. The molecule has 1 atom stereocenters. The number of aryl methyl sites for hydroxylation is 2. The highest BCUT2D eigenvalue weighted by atomic mass is 35.5. The van der Waals surface area contributed by atoms with E-state index in [0.29, 0.717) is 0 Å². The summed E-state index contributed by atoms with van der Waals surface area (Å²) in [7, 11) is 0. The predicted molar refractivity (Wildman–Crippen MR) is 69.2 cm³/mol. The molecular weight excluding hydrogens is 222 g/mol. The zero-order chi connectivity index (χ0) is 12.3. The van der Waals surface area contributed by atoms with Gasteiger partial charge in [0.15, 0.2) is 0 Å². The minimum Gasteiger partial charge on any atom is -0.364 e. The monoisotopic (exact) mass is 241 g/mol. The first-order valence-corrected chi connectivity index (χ1v) is 6.05. The van der Waals surface area contributed by atoms with Crippen molar-refractivity contribution in [1.29, 1.82) is 0 Å². The van der Waals surface area contributed by atoms with Crippen molar-refractivity contribution in [2.75, 3.05) is 5.32 Å². The van der Waals surface area contributed by atoms with E-state index in [2.05, 4.69) is 36.1 Å². The first-order chi connectivity index (χ1) is 7.35. The van der Waals surface area contributed by atoms with Gasteiger partial charge in [-0.1, -0.05) is 6.92 Å². The Kier molecular flexibility index (Phi) is 4.14. The van der Waals surface area contributed by atoms with Crippen molar-refractivity contribution in [3.05, 3.63) is 17.6 Å². The van der Waals surface area contributed by atoms with Crippen LogP contribution in [0.15, 0.2) is 6.07 Å². The molecule has 0 aliphatic rings. The first kappa shape index (κ1) is 13.2. The summed E-state index contributed by atoms with van der Waals surface area (Å²) in [5.74, 6) is 1.64. The maximum atomic E-state index is 6.13. The van der Waals surface area contributed by atoms with Gasteiger partial charge in [-0.05, 0) is 34.1 Å². The van der Waals surface area contributed by atoms with E-state index in [9.17, 15) is 0 Å². The molecule has 0 aliphatic heterocycles. The fourth-order valence-electron chi connectivity index (χ4n) is 1.30. The average molecular weight is 242 g/mol. The number of nitrogens with zero attached hydrogens (tertiary/aromatic N) is 2. The van der Waals surface area contributed by atoms with Gasteiger partial charge >= 0.3 is 0 Å². The summed E-state index contributed by atoms with van der Waals surface area (Å²) >= 11 is 6.13. The van der Waals surface area contributed by atoms with Gasteiger partial charge in [0.25, 0.3) is 0 Å². The second-order valence-corrected chi connectivity index (χ2v) is 5.26. The van der Waals surface area contributed by atoms with Crippen molar-refractivity contribution in [2.45, 2.75) is 52.0 Å². The van der Waals surface area contributed by atoms with Gasteiger partial charge < -0.3 is 5.32 Å². The molecule has 3 nitrogen and oxygen atoms in total. The Labute approximate surface area is 103 Å². The summed E-state index contributed by atoms with van der Waals surface area (Å²) in [6.07, 6.45) is 0.912. The lowest BCUT2D eigenvalue weighted by molar-refractivity contribution is 0.552. The van der Waals surface area contributed by atoms with E-state index in [1.54, 1.807) is 0 Å². The Bertz CT molecular complexity index is 361. The van der Waals surface area contributed by atoms with Crippen LogP contribution in [0.1, 0.15) is 39.2 Å². The predicted octanol–water partition coefficient (Wildman–Crippen LogP) is 3.17. The Morgan fingerprint density at radius 2 is 2.06 bits per heavy atom. The molecule has 0 saturated carbocycles. The van der Waals surface area contributed by atoms with Gasteiger partial charge in [-0.3, -0.25) is 0 Å². The number of halogens is 1. The van der Waals surface area contributed by atoms with E-state index in [1.165, 1.54) is 0 Å². The standard InChI is InChI=1S/C12H20ClN3/c1-6-10-7-11(15-9(3)14-10)16-12(4,5)8(2)13/h7-8H,6H2,1-5H3,(H,14,15,16). The van der Waals surface area contributed by atoms with Gasteiger partial charge in [0, 0.05) is 17.3 Å². The topological polar surface area (TPSA) is 37.8 Å². The van der Waals surface area contributed by atoms with Crippen LogP contribution < -0.4 is 5.32 Å². The van der Waals surface area contributed by atoms with Crippen molar-refractivity contribution >= 4 is 17.4 Å². The van der Waals surface area contributed by atoms with Crippen LogP contribution in [0.2, 0.25) is 0 Å². The highest BCUT2D eigenvalue weighted by Crippen LogP contribution is 2.21. The van der Waals surface area contributed by atoms with Gasteiger partial charge in [-0.15, -0.1) is 11.6 Å². The third-order valence-corrected chi connectivity index (χ3v) is 3.24. The summed E-state index contributed by atoms with van der Waals surface area (Å²) in [6.45, 7) is 10.1. The lowest BCUT2D eigenvalue weighted by Crippen LogP contribution is -2.39. The Morgan fingerprint density at radius 3 is 2.56 bits per heavy atom. The number of alkyl halides is 1. The maximum Gasteiger partial charge on any atom is 0.130 e. The second kappa shape index (κ2) is 5.00. The fraction of sp³-hybridized carbons (Fsp3) is 0.667. The Balaban J connectivity index is 2.93. The van der Waals surface area contributed by atoms with Gasteiger partial charge in [-0.2, -0.15) is 0 Å². The molecule has 1 rings (SSSR count). The van der Waals surface area contributed by atoms with Gasteiger partial charge in [0.1, 0.15) is 11.6 Å². The average Bonchev–Trinajstić information content (AvgIpc) is 2.15. The zero-order valence-corrected chi connectivity index (χ0v) is 11.4. The molecule has 0 fully saturated rings. The normalized spacial score (nSPS) is 13.6. The molecule has 0 aliphatic carbocycles. The lowest BCUT2D eigenvalue weighted by Gasteiger charge is -2.29. The van der Waals surface area contributed by atoms with E-state index < -0.39 is 0 Å². The first-order valence-electron chi connectivity index (χ1n) is 5.62. The number of hydrogen-bond acceptors (Lipinski definition) is 3. The maximum absolute atomic E-state index is 6.13. The van der Waals surface area contributed by atoms with Gasteiger partial charge in [0.2, 0.25) is 0 Å². The lowest BCUT2D eigenvalue weighted by atomic mass is 10.0. The molecule has 1 N–H and O–H groups in total. The minimum atomic E-state index is -0.187. The molecular formula is C12H20ClN3. The molecule has 1 aromatic rings.